The highest BCUT2D eigenvalue weighted by atomic mass is 35.5. The molecule has 0 aliphatic carbocycles. The molecule has 0 atom stereocenters. The van der Waals surface area contributed by atoms with Crippen molar-refractivity contribution in [1.82, 2.24) is 9.99 Å². The van der Waals surface area contributed by atoms with Crippen LogP contribution in [0.3, 0.4) is 0 Å². The predicted octanol–water partition coefficient (Wildman–Crippen LogP) is 3.88. The van der Waals surface area contributed by atoms with Crippen LogP contribution in [-0.2, 0) is 6.54 Å². The van der Waals surface area contributed by atoms with Gasteiger partial charge in [0.2, 0.25) is 0 Å². The van der Waals surface area contributed by atoms with Gasteiger partial charge in [-0.05, 0) is 35.9 Å². The van der Waals surface area contributed by atoms with Crippen LogP contribution < -0.4 is 11.0 Å². The van der Waals surface area contributed by atoms with Crippen LogP contribution in [-0.4, -0.2) is 21.6 Å². The van der Waals surface area contributed by atoms with Crippen molar-refractivity contribution in [2.24, 2.45) is 5.10 Å². The minimum Gasteiger partial charge on any atom is -0.310 e. The molecule has 2 aromatic carbocycles. The van der Waals surface area contributed by atoms with Crippen LogP contribution in [0.25, 0.3) is 0 Å². The average Bonchev–Trinajstić information content (AvgIpc) is 2.70. The van der Waals surface area contributed by atoms with Crippen molar-refractivity contribution in [3.8, 4) is 0 Å². The number of rotatable bonds is 6. The molecule has 30 heavy (non-hydrogen) atoms. The number of nitrogens with one attached hydrogen (secondary N) is 1. The summed E-state index contributed by atoms with van der Waals surface area (Å²) in [6.45, 7) is 0.248. The Balaban J connectivity index is 1.74. The molecule has 3 aromatic rings. The SMILES string of the molecule is O=C(N/N=C\c1ccc(Cl)c([N+](=O)[O-])c1)c1cccn(Cc2cccc(Cl)c2)c1=O. The number of halogens is 2. The van der Waals surface area contributed by atoms with Crippen molar-refractivity contribution in [2.75, 3.05) is 0 Å². The lowest BCUT2D eigenvalue weighted by Gasteiger charge is -2.08. The molecule has 3 rings (SSSR count). The molecular weight excluding hydrogens is 431 g/mol. The lowest BCUT2D eigenvalue weighted by Crippen LogP contribution is -2.30. The molecule has 152 valence electrons. The number of carbonyl (C=O) groups is 1. The summed E-state index contributed by atoms with van der Waals surface area (Å²) in [5.74, 6) is -0.708. The Morgan fingerprint density at radius 3 is 2.70 bits per heavy atom. The molecule has 0 bridgehead atoms. The number of amides is 1. The Bertz CT molecular complexity index is 1210. The van der Waals surface area contributed by atoms with Gasteiger partial charge in [-0.2, -0.15) is 5.10 Å². The maximum absolute atomic E-state index is 12.6. The molecule has 1 N–H and O–H groups in total. The van der Waals surface area contributed by atoms with Crippen molar-refractivity contribution in [3.63, 3.8) is 0 Å². The van der Waals surface area contributed by atoms with E-state index in [0.29, 0.717) is 10.6 Å². The molecule has 8 nitrogen and oxygen atoms in total. The lowest BCUT2D eigenvalue weighted by molar-refractivity contribution is -0.384. The van der Waals surface area contributed by atoms with Crippen LogP contribution in [0.15, 0.2) is 70.7 Å². The van der Waals surface area contributed by atoms with Gasteiger partial charge < -0.3 is 4.57 Å². The molecule has 0 aliphatic heterocycles. The number of nitro benzene ring substituents is 1. The molecule has 0 radical (unpaired) electrons. The molecule has 0 saturated heterocycles. The number of hydrogen-bond acceptors (Lipinski definition) is 5. The summed E-state index contributed by atoms with van der Waals surface area (Å²) in [6, 6.07) is 14.1. The molecule has 1 aromatic heterocycles. The topological polar surface area (TPSA) is 107 Å². The van der Waals surface area contributed by atoms with Gasteiger partial charge in [-0.25, -0.2) is 5.43 Å². The van der Waals surface area contributed by atoms with Gasteiger partial charge >= 0.3 is 0 Å². The predicted molar refractivity (Wildman–Crippen MR) is 114 cm³/mol. The highest BCUT2D eigenvalue weighted by Gasteiger charge is 2.13. The minimum atomic E-state index is -0.708. The van der Waals surface area contributed by atoms with Gasteiger partial charge in [0.15, 0.2) is 0 Å². The van der Waals surface area contributed by atoms with Crippen LogP contribution >= 0.6 is 23.2 Å². The number of hydrogen-bond donors (Lipinski definition) is 1. The second kappa shape index (κ2) is 9.34. The molecule has 0 spiro atoms. The summed E-state index contributed by atoms with van der Waals surface area (Å²) in [5.41, 5.74) is 2.54. The van der Waals surface area contributed by atoms with Gasteiger partial charge in [-0.1, -0.05) is 41.4 Å². The van der Waals surface area contributed by atoms with Crippen LogP contribution in [0, 0.1) is 10.1 Å². The number of pyridine rings is 1. The van der Waals surface area contributed by atoms with E-state index in [4.69, 9.17) is 23.2 Å². The summed E-state index contributed by atoms with van der Waals surface area (Å²) >= 11 is 11.7. The van der Waals surface area contributed by atoms with Crippen LogP contribution in [0.2, 0.25) is 10.0 Å². The monoisotopic (exact) mass is 444 g/mol. The summed E-state index contributed by atoms with van der Waals surface area (Å²) in [5, 5.41) is 15.2. The Morgan fingerprint density at radius 1 is 1.17 bits per heavy atom. The van der Waals surface area contributed by atoms with Crippen LogP contribution in [0.5, 0.6) is 0 Å². The van der Waals surface area contributed by atoms with Gasteiger partial charge in [0, 0.05) is 22.8 Å². The molecule has 10 heteroatoms. The summed E-state index contributed by atoms with van der Waals surface area (Å²) in [6.07, 6.45) is 2.78. The normalized spacial score (nSPS) is 10.9. The van der Waals surface area contributed by atoms with Gasteiger partial charge in [0.25, 0.3) is 17.2 Å². The third-order valence-electron chi connectivity index (χ3n) is 4.05. The molecule has 0 saturated carbocycles. The third-order valence-corrected chi connectivity index (χ3v) is 4.61. The Labute approximate surface area is 180 Å². The Hall–Kier alpha value is -3.49. The second-order valence-corrected chi connectivity index (χ2v) is 7.00. The second-order valence-electron chi connectivity index (χ2n) is 6.15. The molecular formula is C20H14Cl2N4O4. The number of carbonyl (C=O) groups excluding carboxylic acids is 1. The summed E-state index contributed by atoms with van der Waals surface area (Å²) < 4.78 is 1.38. The van der Waals surface area contributed by atoms with Crippen molar-refractivity contribution in [3.05, 3.63) is 108 Å². The summed E-state index contributed by atoms with van der Waals surface area (Å²) in [7, 11) is 0. The van der Waals surface area contributed by atoms with E-state index in [-0.39, 0.29) is 22.8 Å². The zero-order valence-corrected chi connectivity index (χ0v) is 16.8. The zero-order valence-electron chi connectivity index (χ0n) is 15.3. The Kier molecular flexibility index (Phi) is 6.61. The first-order chi connectivity index (χ1) is 14.3. The van der Waals surface area contributed by atoms with Crippen molar-refractivity contribution < 1.29 is 9.72 Å². The van der Waals surface area contributed by atoms with Crippen LogP contribution in [0.1, 0.15) is 21.5 Å². The molecule has 0 fully saturated rings. The highest BCUT2D eigenvalue weighted by molar-refractivity contribution is 6.32. The van der Waals surface area contributed by atoms with Gasteiger partial charge in [-0.15, -0.1) is 0 Å². The quantitative estimate of drug-likeness (QED) is 0.353. The van der Waals surface area contributed by atoms with E-state index in [2.05, 4.69) is 10.5 Å². The fraction of sp³-hybridized carbons (Fsp3) is 0.0500. The number of hydrazone groups is 1. The molecule has 0 aliphatic rings. The minimum absolute atomic E-state index is 0.00859. The Morgan fingerprint density at radius 2 is 1.97 bits per heavy atom. The van der Waals surface area contributed by atoms with E-state index in [0.717, 1.165) is 5.56 Å². The smallest absolute Gasteiger partial charge is 0.288 e. The van der Waals surface area contributed by atoms with Crippen molar-refractivity contribution >= 4 is 41.0 Å². The van der Waals surface area contributed by atoms with Gasteiger partial charge in [-0.3, -0.25) is 19.7 Å². The fourth-order valence-corrected chi connectivity index (χ4v) is 3.04. The van der Waals surface area contributed by atoms with E-state index in [1.807, 2.05) is 6.07 Å². The molecule has 0 unspecified atom stereocenters. The number of aromatic nitrogens is 1. The molecule has 1 amide bonds. The first-order valence-electron chi connectivity index (χ1n) is 8.56. The standard InChI is InChI=1S/C20H14Cl2N4O4/c21-15-4-1-3-14(9-15)12-25-8-2-5-16(20(25)28)19(27)24-23-11-13-6-7-17(22)18(10-13)26(29)30/h1-11H,12H2,(H,24,27)/b23-11-. The van der Waals surface area contributed by atoms with Crippen molar-refractivity contribution in [2.45, 2.75) is 6.54 Å². The van der Waals surface area contributed by atoms with E-state index < -0.39 is 16.4 Å². The number of nitro groups is 1. The first kappa shape index (κ1) is 21.2. The maximum atomic E-state index is 12.6. The third kappa shape index (κ3) is 5.11. The van der Waals surface area contributed by atoms with Crippen LogP contribution in [0.4, 0.5) is 5.69 Å². The molecule has 1 heterocycles. The first-order valence-corrected chi connectivity index (χ1v) is 9.32. The number of benzene rings is 2. The largest absolute Gasteiger partial charge is 0.310 e. The van der Waals surface area contributed by atoms with E-state index >= 15 is 0 Å². The van der Waals surface area contributed by atoms with Crippen molar-refractivity contribution in [1.29, 1.82) is 0 Å². The van der Waals surface area contributed by atoms with E-state index in [9.17, 15) is 19.7 Å². The lowest BCUT2D eigenvalue weighted by atomic mass is 10.2. The zero-order chi connectivity index (χ0) is 21.7. The van der Waals surface area contributed by atoms with E-state index in [1.54, 1.807) is 30.5 Å². The fourth-order valence-electron chi connectivity index (χ4n) is 2.64. The van der Waals surface area contributed by atoms with Gasteiger partial charge in [0.05, 0.1) is 17.7 Å². The number of nitrogens with zero attached hydrogens (tertiary/aromatic N) is 3. The highest BCUT2D eigenvalue weighted by Crippen LogP contribution is 2.24. The average molecular weight is 445 g/mol. The summed E-state index contributed by atoms with van der Waals surface area (Å²) in [4.78, 5) is 35.3. The van der Waals surface area contributed by atoms with E-state index in [1.165, 1.54) is 35.0 Å². The van der Waals surface area contributed by atoms with Gasteiger partial charge in [0.1, 0.15) is 10.6 Å². The maximum Gasteiger partial charge on any atom is 0.288 e.